The molecule has 0 saturated carbocycles. The van der Waals surface area contributed by atoms with Gasteiger partial charge >= 0.3 is 0 Å². The highest BCUT2D eigenvalue weighted by Gasteiger charge is 2.17. The minimum absolute atomic E-state index is 0.0282. The molecule has 2 aromatic heterocycles. The van der Waals surface area contributed by atoms with Gasteiger partial charge in [0.15, 0.2) is 0 Å². The zero-order chi connectivity index (χ0) is 18.1. The highest BCUT2D eigenvalue weighted by atomic mass is 35.5. The molecule has 0 amide bonds. The number of pyridine rings is 1. The first-order valence-corrected chi connectivity index (χ1v) is 8.36. The van der Waals surface area contributed by atoms with E-state index in [1.54, 1.807) is 67.0 Å². The van der Waals surface area contributed by atoms with Crippen molar-refractivity contribution in [2.45, 2.75) is 6.61 Å². The van der Waals surface area contributed by atoms with Crippen LogP contribution in [-0.2, 0) is 6.61 Å². The Bertz CT molecular complexity index is 1040. The van der Waals surface area contributed by atoms with Crippen molar-refractivity contribution in [2.75, 3.05) is 0 Å². The number of ether oxygens (including phenoxy) is 1. The van der Waals surface area contributed by atoms with Gasteiger partial charge in [0.1, 0.15) is 12.4 Å². The lowest BCUT2D eigenvalue weighted by Gasteiger charge is -2.12. The van der Waals surface area contributed by atoms with Gasteiger partial charge in [-0.3, -0.25) is 9.55 Å². The Kier molecular flexibility index (Phi) is 4.14. The van der Waals surface area contributed by atoms with Crippen LogP contribution >= 0.6 is 11.6 Å². The predicted octanol–water partition coefficient (Wildman–Crippen LogP) is 4.67. The van der Waals surface area contributed by atoms with Gasteiger partial charge in [-0.05, 0) is 42.5 Å². The van der Waals surface area contributed by atoms with Crippen LogP contribution in [0.2, 0.25) is 5.02 Å². The summed E-state index contributed by atoms with van der Waals surface area (Å²) in [5, 5.41) is 22.7. The van der Waals surface area contributed by atoms with Gasteiger partial charge in [0, 0.05) is 27.6 Å². The summed E-state index contributed by atoms with van der Waals surface area (Å²) in [5.74, 6) is 0.575. The Morgan fingerprint density at radius 3 is 2.35 bits per heavy atom. The molecule has 0 radical (unpaired) electrons. The number of fused-ring (bicyclic) bond motifs is 1. The van der Waals surface area contributed by atoms with Gasteiger partial charge in [-0.1, -0.05) is 23.7 Å². The number of aromatic nitrogens is 2. The second kappa shape index (κ2) is 6.61. The molecule has 5 nitrogen and oxygen atoms in total. The number of rotatable bonds is 4. The largest absolute Gasteiger partial charge is 0.494 e. The molecule has 0 fully saturated rings. The zero-order valence-electron chi connectivity index (χ0n) is 13.6. The highest BCUT2D eigenvalue weighted by molar-refractivity contribution is 6.31. The third-order valence-electron chi connectivity index (χ3n) is 4.15. The van der Waals surface area contributed by atoms with Crippen LogP contribution in [0.15, 0.2) is 67.0 Å². The maximum Gasteiger partial charge on any atom is 0.206 e. The van der Waals surface area contributed by atoms with Crippen LogP contribution in [0.4, 0.5) is 0 Å². The van der Waals surface area contributed by atoms with E-state index in [4.69, 9.17) is 16.3 Å². The van der Waals surface area contributed by atoms with Crippen molar-refractivity contribution in [1.82, 2.24) is 9.55 Å². The lowest BCUT2D eigenvalue weighted by atomic mass is 10.2. The number of aromatic hydroxyl groups is 2. The third-order valence-corrected chi connectivity index (χ3v) is 4.52. The van der Waals surface area contributed by atoms with Gasteiger partial charge in [0.05, 0.1) is 11.9 Å². The van der Waals surface area contributed by atoms with Crippen molar-refractivity contribution in [3.05, 3.63) is 77.6 Å². The topological polar surface area (TPSA) is 67.5 Å². The fraction of sp³-hybridized carbons (Fsp3) is 0.0500. The van der Waals surface area contributed by atoms with E-state index < -0.39 is 0 Å². The molecular formula is C20H15ClN2O3. The highest BCUT2D eigenvalue weighted by Crippen LogP contribution is 2.39. The van der Waals surface area contributed by atoms with Crippen molar-refractivity contribution in [2.24, 2.45) is 0 Å². The standard InChI is InChI=1S/C20H15ClN2O3/c21-18-8-7-14(10-13(18)12-26-15-4-3-9-22-11-15)23-19(24)16-5-1-2-6-17(16)20(23)25/h1-11,24-25H,12H2. The average molecular weight is 367 g/mol. The van der Waals surface area contributed by atoms with Crippen molar-refractivity contribution < 1.29 is 14.9 Å². The smallest absolute Gasteiger partial charge is 0.206 e. The van der Waals surface area contributed by atoms with Crippen LogP contribution < -0.4 is 4.74 Å². The normalized spacial score (nSPS) is 11.0. The molecule has 130 valence electrons. The van der Waals surface area contributed by atoms with Crippen molar-refractivity contribution >= 4 is 22.4 Å². The molecule has 0 aliphatic rings. The van der Waals surface area contributed by atoms with Crippen LogP contribution in [0.5, 0.6) is 17.5 Å². The Hall–Kier alpha value is -3.18. The molecule has 2 heterocycles. The molecule has 4 rings (SSSR count). The first-order valence-electron chi connectivity index (χ1n) is 7.98. The first-order chi connectivity index (χ1) is 12.6. The van der Waals surface area contributed by atoms with Crippen LogP contribution in [0.1, 0.15) is 5.56 Å². The molecule has 2 aromatic carbocycles. The van der Waals surface area contributed by atoms with Crippen LogP contribution in [0.25, 0.3) is 16.5 Å². The van der Waals surface area contributed by atoms with E-state index in [2.05, 4.69) is 4.98 Å². The molecule has 6 heteroatoms. The lowest BCUT2D eigenvalue weighted by molar-refractivity contribution is 0.305. The zero-order valence-corrected chi connectivity index (χ0v) is 14.4. The second-order valence-corrected chi connectivity index (χ2v) is 6.19. The number of hydrogen-bond donors (Lipinski definition) is 2. The monoisotopic (exact) mass is 366 g/mol. The Morgan fingerprint density at radius 1 is 0.962 bits per heavy atom. The Labute approximate surface area is 154 Å². The fourth-order valence-corrected chi connectivity index (χ4v) is 3.04. The molecule has 2 N–H and O–H groups in total. The summed E-state index contributed by atoms with van der Waals surface area (Å²) in [6.45, 7) is 0.237. The van der Waals surface area contributed by atoms with Gasteiger partial charge in [0.25, 0.3) is 0 Å². The molecule has 0 spiro atoms. The number of nitrogens with zero attached hydrogens (tertiary/aromatic N) is 2. The maximum absolute atomic E-state index is 10.5. The van der Waals surface area contributed by atoms with E-state index in [1.165, 1.54) is 4.57 Å². The summed E-state index contributed by atoms with van der Waals surface area (Å²) in [6, 6.07) is 15.9. The van der Waals surface area contributed by atoms with Gasteiger partial charge < -0.3 is 14.9 Å². The summed E-state index contributed by atoms with van der Waals surface area (Å²) in [7, 11) is 0. The molecular weight excluding hydrogens is 352 g/mol. The van der Waals surface area contributed by atoms with Crippen LogP contribution in [0, 0.1) is 0 Å². The maximum atomic E-state index is 10.5. The summed E-state index contributed by atoms with van der Waals surface area (Å²) in [4.78, 5) is 4.00. The molecule has 4 aromatic rings. The molecule has 0 bridgehead atoms. The van der Waals surface area contributed by atoms with Gasteiger partial charge in [0.2, 0.25) is 11.8 Å². The first kappa shape index (κ1) is 16.3. The van der Waals surface area contributed by atoms with Crippen molar-refractivity contribution in [3.8, 4) is 23.2 Å². The van der Waals surface area contributed by atoms with E-state index in [0.717, 1.165) is 5.56 Å². The molecule has 0 unspecified atom stereocenters. The van der Waals surface area contributed by atoms with Gasteiger partial charge in [-0.25, -0.2) is 0 Å². The van der Waals surface area contributed by atoms with E-state index >= 15 is 0 Å². The molecule has 0 atom stereocenters. The summed E-state index contributed by atoms with van der Waals surface area (Å²) >= 11 is 6.28. The predicted molar refractivity (Wildman–Crippen MR) is 100 cm³/mol. The van der Waals surface area contributed by atoms with Crippen molar-refractivity contribution in [3.63, 3.8) is 0 Å². The van der Waals surface area contributed by atoms with E-state index in [-0.39, 0.29) is 18.4 Å². The third kappa shape index (κ3) is 2.82. The summed E-state index contributed by atoms with van der Waals surface area (Å²) < 4.78 is 7.09. The van der Waals surface area contributed by atoms with E-state index in [9.17, 15) is 10.2 Å². The SMILES string of the molecule is Oc1c2ccccc2c(O)n1-c1ccc(Cl)c(COc2cccnc2)c1. The average Bonchev–Trinajstić information content (AvgIpc) is 2.93. The number of benzene rings is 2. The molecule has 0 aliphatic carbocycles. The second-order valence-electron chi connectivity index (χ2n) is 5.78. The van der Waals surface area contributed by atoms with E-state index in [1.807, 2.05) is 0 Å². The molecule has 0 saturated heterocycles. The quantitative estimate of drug-likeness (QED) is 0.550. The van der Waals surface area contributed by atoms with E-state index in [0.29, 0.717) is 27.2 Å². The Balaban J connectivity index is 1.72. The van der Waals surface area contributed by atoms with Crippen molar-refractivity contribution in [1.29, 1.82) is 0 Å². The minimum atomic E-state index is -0.0282. The molecule has 26 heavy (non-hydrogen) atoms. The summed E-state index contributed by atoms with van der Waals surface area (Å²) in [5.41, 5.74) is 1.31. The minimum Gasteiger partial charge on any atom is -0.494 e. The number of hydrogen-bond acceptors (Lipinski definition) is 4. The lowest BCUT2D eigenvalue weighted by Crippen LogP contribution is -1.99. The van der Waals surface area contributed by atoms with Gasteiger partial charge in [-0.15, -0.1) is 0 Å². The van der Waals surface area contributed by atoms with Gasteiger partial charge in [-0.2, -0.15) is 0 Å². The van der Waals surface area contributed by atoms with Crippen LogP contribution in [-0.4, -0.2) is 19.8 Å². The number of halogens is 1. The molecule has 0 aliphatic heterocycles. The fourth-order valence-electron chi connectivity index (χ4n) is 2.86. The summed E-state index contributed by atoms with van der Waals surface area (Å²) in [6.07, 6.45) is 3.29. The Morgan fingerprint density at radius 2 is 1.69 bits per heavy atom. The van der Waals surface area contributed by atoms with Crippen LogP contribution in [0.3, 0.4) is 0 Å².